The number of carbonyl (C=O) groups is 3. The molecular weight excluding hydrogens is 724 g/mol. The Hall–Kier alpha value is -5.17. The number of carbonyl (C=O) groups excluding carboxylic acids is 3. The van der Waals surface area contributed by atoms with Crippen LogP contribution in [0.3, 0.4) is 0 Å². The Morgan fingerprint density at radius 2 is 1.74 bits per heavy atom. The molecule has 4 heterocycles. The van der Waals surface area contributed by atoms with Crippen LogP contribution in [0.25, 0.3) is 5.00 Å². The van der Waals surface area contributed by atoms with Gasteiger partial charge in [-0.05, 0) is 81.0 Å². The van der Waals surface area contributed by atoms with Crippen LogP contribution in [0, 0.1) is 20.8 Å². The molecule has 1 atom stereocenters. The maximum Gasteiger partial charge on any atom is 0.261 e. The lowest BCUT2D eigenvalue weighted by molar-refractivity contribution is -0.122. The van der Waals surface area contributed by atoms with E-state index in [1.54, 1.807) is 29.5 Å². The van der Waals surface area contributed by atoms with E-state index in [-0.39, 0.29) is 24.7 Å². The number of ether oxygens (including phenoxy) is 2. The van der Waals surface area contributed by atoms with Crippen LogP contribution in [0.15, 0.2) is 71.7 Å². The lowest BCUT2D eigenvalue weighted by Gasteiger charge is -2.19. The van der Waals surface area contributed by atoms with Crippen LogP contribution in [0.2, 0.25) is 5.02 Å². The minimum atomic E-state index is -0.532. The molecule has 2 aliphatic rings. The van der Waals surface area contributed by atoms with Gasteiger partial charge in [-0.1, -0.05) is 60.5 Å². The minimum Gasteiger partial charge on any atom is -0.456 e. The number of rotatable bonds is 14. The van der Waals surface area contributed by atoms with E-state index in [9.17, 15) is 14.4 Å². The summed E-state index contributed by atoms with van der Waals surface area (Å²) in [5.41, 5.74) is 6.02. The van der Waals surface area contributed by atoms with Gasteiger partial charge in [-0.15, -0.1) is 21.5 Å². The predicted octanol–water partition coefficient (Wildman–Crippen LogP) is 7.34. The molecule has 13 heteroatoms. The van der Waals surface area contributed by atoms with Crippen LogP contribution in [0.5, 0.6) is 11.5 Å². The summed E-state index contributed by atoms with van der Waals surface area (Å²) < 4.78 is 14.1. The van der Waals surface area contributed by atoms with Gasteiger partial charge in [0.15, 0.2) is 5.82 Å². The largest absolute Gasteiger partial charge is 0.456 e. The SMILES string of the molecule is Cc1sc2c(c1C)C(c1ccc(Cl)cc1)=N[C@@H](CC(=O)NCCOCCCCCc1ccccc1Oc1cccc3c1C(=O)NC(=O)C3)c1nnc(C)n1-2. The third-order valence-corrected chi connectivity index (χ3v) is 11.1. The molecule has 0 saturated carbocycles. The van der Waals surface area contributed by atoms with Crippen molar-refractivity contribution in [3.63, 3.8) is 0 Å². The van der Waals surface area contributed by atoms with Crippen molar-refractivity contribution in [3.05, 3.63) is 122 Å². The Labute approximate surface area is 322 Å². The van der Waals surface area contributed by atoms with Crippen molar-refractivity contribution in [2.24, 2.45) is 4.99 Å². The number of nitrogens with one attached hydrogen (secondary N) is 2. The van der Waals surface area contributed by atoms with Crippen LogP contribution < -0.4 is 15.4 Å². The summed E-state index contributed by atoms with van der Waals surface area (Å²) in [7, 11) is 0. The van der Waals surface area contributed by atoms with Gasteiger partial charge in [-0.25, -0.2) is 0 Å². The highest BCUT2D eigenvalue weighted by atomic mass is 35.5. The maximum atomic E-state index is 13.3. The van der Waals surface area contributed by atoms with E-state index in [4.69, 9.17) is 26.1 Å². The molecule has 2 aliphatic heterocycles. The van der Waals surface area contributed by atoms with Crippen molar-refractivity contribution in [2.45, 2.75) is 65.3 Å². The van der Waals surface area contributed by atoms with Gasteiger partial charge in [0.25, 0.3) is 5.91 Å². The summed E-state index contributed by atoms with van der Waals surface area (Å²) in [4.78, 5) is 44.0. The molecule has 0 fully saturated rings. The number of imide groups is 1. The minimum absolute atomic E-state index is 0.118. The zero-order valence-electron chi connectivity index (χ0n) is 30.4. The summed E-state index contributed by atoms with van der Waals surface area (Å²) in [5.74, 6) is 1.63. The van der Waals surface area contributed by atoms with E-state index < -0.39 is 11.9 Å². The van der Waals surface area contributed by atoms with Gasteiger partial charge in [-0.3, -0.25) is 29.3 Å². The first-order chi connectivity index (χ1) is 26.2. The highest BCUT2D eigenvalue weighted by Gasteiger charge is 2.32. The van der Waals surface area contributed by atoms with Gasteiger partial charge in [0.2, 0.25) is 11.8 Å². The van der Waals surface area contributed by atoms with E-state index in [2.05, 4.69) is 34.7 Å². The quantitative estimate of drug-likeness (QED) is 0.0892. The molecule has 0 unspecified atom stereocenters. The zero-order chi connectivity index (χ0) is 37.8. The normalized spacial score (nSPS) is 14.7. The van der Waals surface area contributed by atoms with Gasteiger partial charge in [0.05, 0.1) is 30.7 Å². The van der Waals surface area contributed by atoms with E-state index in [0.29, 0.717) is 53.2 Å². The standard InChI is InChI=1S/C41H41ClN6O5S/c1-24-25(2)54-41-36(24)38(28-15-17-30(42)18-16-28)44-31(39-47-46-26(3)48(39)41)23-34(49)43-19-21-52-20-8-4-5-10-27-11-6-7-13-32(27)53-33-14-9-12-29-22-35(50)45-40(51)37(29)33/h6-7,9,11-18,31H,4-5,8,10,19-23H2,1-3H3,(H,43,49)(H,45,50,51)/t31-/m0/s1. The summed E-state index contributed by atoms with van der Waals surface area (Å²) in [6, 6.07) is 20.2. The van der Waals surface area contributed by atoms with Crippen molar-refractivity contribution in [1.29, 1.82) is 0 Å². The molecular formula is C41H41ClN6O5S. The number of amides is 3. The lowest BCUT2D eigenvalue weighted by atomic mass is 9.99. The van der Waals surface area contributed by atoms with Crippen LogP contribution >= 0.6 is 22.9 Å². The van der Waals surface area contributed by atoms with Crippen LogP contribution in [-0.2, 0) is 27.2 Å². The second kappa shape index (κ2) is 16.5. The molecule has 278 valence electrons. The molecule has 0 spiro atoms. The Balaban J connectivity index is 0.886. The fourth-order valence-electron chi connectivity index (χ4n) is 6.84. The number of thiophene rings is 1. The Morgan fingerprint density at radius 3 is 2.57 bits per heavy atom. The van der Waals surface area contributed by atoms with Gasteiger partial charge >= 0.3 is 0 Å². The van der Waals surface area contributed by atoms with E-state index in [1.165, 1.54) is 4.88 Å². The van der Waals surface area contributed by atoms with Crippen LogP contribution in [0.1, 0.15) is 86.4 Å². The number of aromatic nitrogens is 3. The second-order valence-electron chi connectivity index (χ2n) is 13.4. The zero-order valence-corrected chi connectivity index (χ0v) is 32.0. The number of hydrogen-bond donors (Lipinski definition) is 2. The average Bonchev–Trinajstić information content (AvgIpc) is 3.63. The fourth-order valence-corrected chi connectivity index (χ4v) is 8.18. The molecule has 0 saturated heterocycles. The molecule has 0 aliphatic carbocycles. The Kier molecular flexibility index (Phi) is 11.3. The van der Waals surface area contributed by atoms with Gasteiger partial charge in [0.1, 0.15) is 28.4 Å². The average molecular weight is 765 g/mol. The molecule has 0 bridgehead atoms. The smallest absolute Gasteiger partial charge is 0.261 e. The van der Waals surface area contributed by atoms with Gasteiger partial charge < -0.3 is 14.8 Å². The lowest BCUT2D eigenvalue weighted by Crippen LogP contribution is -2.37. The monoisotopic (exact) mass is 764 g/mol. The van der Waals surface area contributed by atoms with Gasteiger partial charge in [0, 0.05) is 34.2 Å². The summed E-state index contributed by atoms with van der Waals surface area (Å²) in [5, 5.41) is 15.9. The Morgan fingerprint density at radius 1 is 0.944 bits per heavy atom. The maximum absolute atomic E-state index is 13.3. The number of nitrogens with zero attached hydrogens (tertiary/aromatic N) is 4. The molecule has 5 aromatic rings. The molecule has 7 rings (SSSR count). The molecule has 2 aromatic heterocycles. The van der Waals surface area contributed by atoms with Crippen molar-refractivity contribution >= 4 is 46.4 Å². The van der Waals surface area contributed by atoms with Crippen LogP contribution in [0.4, 0.5) is 0 Å². The van der Waals surface area contributed by atoms with E-state index in [0.717, 1.165) is 64.5 Å². The number of hydrogen-bond acceptors (Lipinski definition) is 9. The van der Waals surface area contributed by atoms with Crippen LogP contribution in [-0.4, -0.2) is 58.0 Å². The number of halogens is 1. The molecule has 0 radical (unpaired) electrons. The first-order valence-electron chi connectivity index (χ1n) is 18.1. The molecule has 2 N–H and O–H groups in total. The number of fused-ring (bicyclic) bond motifs is 4. The summed E-state index contributed by atoms with van der Waals surface area (Å²) in [6.45, 7) is 7.49. The first-order valence-corrected chi connectivity index (χ1v) is 19.3. The third kappa shape index (κ3) is 8.01. The number of para-hydroxylation sites is 1. The van der Waals surface area contributed by atoms with E-state index in [1.807, 2.05) is 60.0 Å². The Bertz CT molecular complexity index is 2240. The third-order valence-electron chi connectivity index (χ3n) is 9.68. The van der Waals surface area contributed by atoms with Crippen molar-refractivity contribution < 1.29 is 23.9 Å². The number of aryl methyl sites for hydroxylation is 3. The summed E-state index contributed by atoms with van der Waals surface area (Å²) >= 11 is 7.90. The highest BCUT2D eigenvalue weighted by Crippen LogP contribution is 2.40. The topological polar surface area (TPSA) is 137 Å². The predicted molar refractivity (Wildman–Crippen MR) is 208 cm³/mol. The first kappa shape index (κ1) is 37.2. The number of unbranched alkanes of at least 4 members (excludes halogenated alkanes) is 2. The van der Waals surface area contributed by atoms with Crippen molar-refractivity contribution in [1.82, 2.24) is 25.4 Å². The molecule has 11 nitrogen and oxygen atoms in total. The molecule has 3 amide bonds. The van der Waals surface area contributed by atoms with Crippen molar-refractivity contribution in [3.8, 4) is 16.5 Å². The molecule has 3 aromatic carbocycles. The second-order valence-corrected chi connectivity index (χ2v) is 15.1. The van der Waals surface area contributed by atoms with E-state index >= 15 is 0 Å². The molecule has 54 heavy (non-hydrogen) atoms. The van der Waals surface area contributed by atoms with Crippen molar-refractivity contribution in [2.75, 3.05) is 19.8 Å². The fraction of sp³-hybridized carbons (Fsp3) is 0.317. The van der Waals surface area contributed by atoms with Gasteiger partial charge in [-0.2, -0.15) is 0 Å². The number of aliphatic imine (C=N–C) groups is 1. The number of benzene rings is 3. The summed E-state index contributed by atoms with van der Waals surface area (Å²) in [6.07, 6.45) is 3.82. The highest BCUT2D eigenvalue weighted by molar-refractivity contribution is 7.15.